The molecule has 3 unspecified atom stereocenters. The van der Waals surface area contributed by atoms with E-state index in [0.29, 0.717) is 29.8 Å². The fourth-order valence-corrected chi connectivity index (χ4v) is 3.99. The average Bonchev–Trinajstić information content (AvgIpc) is 2.91. The SMILES string of the molecule is CC1C(COc2ccc3c(c2)OC(C)(O)O3)=CN(C)CCC1c1ccc(F)cc1. The van der Waals surface area contributed by atoms with Crippen LogP contribution in [0.5, 0.6) is 17.2 Å². The Balaban J connectivity index is 1.49. The summed E-state index contributed by atoms with van der Waals surface area (Å²) < 4.78 is 30.1. The maximum absolute atomic E-state index is 13.3. The second-order valence-electron chi connectivity index (χ2n) is 7.92. The van der Waals surface area contributed by atoms with Gasteiger partial charge in [0.15, 0.2) is 11.5 Å². The van der Waals surface area contributed by atoms with Gasteiger partial charge >= 0.3 is 5.97 Å². The molecule has 0 spiro atoms. The molecule has 0 amide bonds. The van der Waals surface area contributed by atoms with Crippen molar-refractivity contribution in [1.82, 2.24) is 4.90 Å². The van der Waals surface area contributed by atoms with E-state index >= 15 is 0 Å². The summed E-state index contributed by atoms with van der Waals surface area (Å²) in [5.74, 6) is 0.265. The summed E-state index contributed by atoms with van der Waals surface area (Å²) >= 11 is 0. The molecule has 0 aromatic heterocycles. The van der Waals surface area contributed by atoms with Crippen molar-refractivity contribution in [3.63, 3.8) is 0 Å². The van der Waals surface area contributed by atoms with E-state index in [1.807, 2.05) is 12.1 Å². The Morgan fingerprint density at radius 3 is 2.66 bits per heavy atom. The van der Waals surface area contributed by atoms with Gasteiger partial charge in [0.2, 0.25) is 0 Å². The first-order chi connectivity index (χ1) is 13.8. The highest BCUT2D eigenvalue weighted by Gasteiger charge is 2.34. The summed E-state index contributed by atoms with van der Waals surface area (Å²) in [5.41, 5.74) is 2.31. The molecule has 2 aliphatic heterocycles. The van der Waals surface area contributed by atoms with Crippen molar-refractivity contribution in [3.05, 3.63) is 65.6 Å². The molecule has 2 aromatic carbocycles. The Bertz CT molecular complexity index is 910. The molecule has 0 radical (unpaired) electrons. The largest absolute Gasteiger partial charge is 0.489 e. The maximum atomic E-state index is 13.3. The number of ether oxygens (including phenoxy) is 3. The van der Waals surface area contributed by atoms with Crippen molar-refractivity contribution in [2.45, 2.75) is 32.2 Å². The van der Waals surface area contributed by atoms with Crippen LogP contribution < -0.4 is 14.2 Å². The Kier molecular flexibility index (Phi) is 5.13. The zero-order valence-electron chi connectivity index (χ0n) is 16.9. The molecule has 0 saturated carbocycles. The summed E-state index contributed by atoms with van der Waals surface area (Å²) in [6.45, 7) is 4.99. The lowest BCUT2D eigenvalue weighted by Crippen LogP contribution is -2.33. The molecule has 4 rings (SSSR count). The first-order valence-corrected chi connectivity index (χ1v) is 9.84. The third-order valence-corrected chi connectivity index (χ3v) is 5.58. The van der Waals surface area contributed by atoms with E-state index in [4.69, 9.17) is 14.2 Å². The van der Waals surface area contributed by atoms with Crippen LogP contribution in [0.3, 0.4) is 0 Å². The molecule has 3 atom stereocenters. The molecule has 0 bridgehead atoms. The van der Waals surface area contributed by atoms with Crippen LogP contribution in [0.15, 0.2) is 54.2 Å². The molecule has 2 aromatic rings. The Labute approximate surface area is 170 Å². The minimum atomic E-state index is -1.65. The van der Waals surface area contributed by atoms with Gasteiger partial charge in [-0.25, -0.2) is 4.39 Å². The molecule has 6 heteroatoms. The van der Waals surface area contributed by atoms with Gasteiger partial charge in [0.1, 0.15) is 18.2 Å². The summed E-state index contributed by atoms with van der Waals surface area (Å²) in [6, 6.07) is 12.1. The van der Waals surface area contributed by atoms with Crippen LogP contribution in [0.2, 0.25) is 0 Å². The highest BCUT2D eigenvalue weighted by Crippen LogP contribution is 2.41. The number of aliphatic hydroxyl groups is 1. The van der Waals surface area contributed by atoms with Gasteiger partial charge in [0, 0.05) is 32.8 Å². The van der Waals surface area contributed by atoms with Gasteiger partial charge < -0.3 is 24.2 Å². The van der Waals surface area contributed by atoms with E-state index in [1.165, 1.54) is 24.6 Å². The lowest BCUT2D eigenvalue weighted by molar-refractivity contribution is -0.234. The van der Waals surface area contributed by atoms with Crippen LogP contribution in [-0.4, -0.2) is 36.2 Å². The van der Waals surface area contributed by atoms with Crippen molar-refractivity contribution < 1.29 is 23.7 Å². The van der Waals surface area contributed by atoms with Crippen molar-refractivity contribution in [3.8, 4) is 17.2 Å². The van der Waals surface area contributed by atoms with E-state index in [-0.39, 0.29) is 11.7 Å². The minimum absolute atomic E-state index is 0.215. The third kappa shape index (κ3) is 4.32. The molecule has 0 fully saturated rings. The van der Waals surface area contributed by atoms with E-state index < -0.39 is 5.97 Å². The molecule has 29 heavy (non-hydrogen) atoms. The fourth-order valence-electron chi connectivity index (χ4n) is 3.99. The van der Waals surface area contributed by atoms with Crippen LogP contribution in [0, 0.1) is 11.7 Å². The second-order valence-corrected chi connectivity index (χ2v) is 7.92. The topological polar surface area (TPSA) is 51.2 Å². The van der Waals surface area contributed by atoms with Crippen molar-refractivity contribution in [2.75, 3.05) is 20.2 Å². The highest BCUT2D eigenvalue weighted by atomic mass is 19.1. The molecule has 2 heterocycles. The van der Waals surface area contributed by atoms with Crippen LogP contribution in [0.1, 0.15) is 31.7 Å². The van der Waals surface area contributed by atoms with E-state index in [1.54, 1.807) is 18.2 Å². The second kappa shape index (κ2) is 7.59. The minimum Gasteiger partial charge on any atom is -0.489 e. The first-order valence-electron chi connectivity index (χ1n) is 9.84. The molecule has 0 aliphatic carbocycles. The third-order valence-electron chi connectivity index (χ3n) is 5.58. The summed E-state index contributed by atoms with van der Waals surface area (Å²) in [7, 11) is 2.06. The number of halogens is 1. The lowest BCUT2D eigenvalue weighted by Gasteiger charge is -2.24. The lowest BCUT2D eigenvalue weighted by atomic mass is 9.81. The molecule has 5 nitrogen and oxygen atoms in total. The maximum Gasteiger partial charge on any atom is 0.366 e. The standard InChI is InChI=1S/C23H26FNO4/c1-15-17(13-25(3)11-10-20(15)16-4-6-18(24)7-5-16)14-27-19-8-9-21-22(12-19)29-23(2,26)28-21/h4-9,12-13,15,20,26H,10-11,14H2,1-3H3. The van der Waals surface area contributed by atoms with E-state index in [9.17, 15) is 9.50 Å². The van der Waals surface area contributed by atoms with Gasteiger partial charge in [0.25, 0.3) is 0 Å². The van der Waals surface area contributed by atoms with Gasteiger partial charge in [-0.1, -0.05) is 19.1 Å². The normalized spacial score (nSPS) is 26.1. The first kappa shape index (κ1) is 19.6. The van der Waals surface area contributed by atoms with Gasteiger partial charge in [-0.3, -0.25) is 0 Å². The molecule has 0 saturated heterocycles. The molecular formula is C23H26FNO4. The summed E-state index contributed by atoms with van der Waals surface area (Å²) in [6.07, 6.45) is 3.13. The molecule has 2 aliphatic rings. The van der Waals surface area contributed by atoms with Gasteiger partial charge in [-0.15, -0.1) is 0 Å². The van der Waals surface area contributed by atoms with Crippen molar-refractivity contribution in [1.29, 1.82) is 0 Å². The average molecular weight is 399 g/mol. The smallest absolute Gasteiger partial charge is 0.366 e. The number of rotatable bonds is 4. The zero-order valence-corrected chi connectivity index (χ0v) is 16.9. The molecular weight excluding hydrogens is 373 g/mol. The highest BCUT2D eigenvalue weighted by molar-refractivity contribution is 5.47. The van der Waals surface area contributed by atoms with Crippen LogP contribution in [-0.2, 0) is 0 Å². The van der Waals surface area contributed by atoms with Gasteiger partial charge in [-0.05, 0) is 53.7 Å². The van der Waals surface area contributed by atoms with Gasteiger partial charge in [-0.2, -0.15) is 0 Å². The Hall–Kier alpha value is -2.73. The van der Waals surface area contributed by atoms with Crippen LogP contribution in [0.4, 0.5) is 4.39 Å². The van der Waals surface area contributed by atoms with Crippen molar-refractivity contribution in [2.24, 2.45) is 5.92 Å². The molecule has 154 valence electrons. The zero-order chi connectivity index (χ0) is 20.6. The fraction of sp³-hybridized carbons (Fsp3) is 0.391. The number of hydrogen-bond acceptors (Lipinski definition) is 5. The summed E-state index contributed by atoms with van der Waals surface area (Å²) in [5, 5.41) is 9.87. The number of fused-ring (bicyclic) bond motifs is 1. The van der Waals surface area contributed by atoms with Crippen LogP contribution >= 0.6 is 0 Å². The summed E-state index contributed by atoms with van der Waals surface area (Å²) in [4.78, 5) is 2.18. The van der Waals surface area contributed by atoms with E-state index in [0.717, 1.165) is 18.5 Å². The number of benzene rings is 2. The number of hydrogen-bond donors (Lipinski definition) is 1. The quantitative estimate of drug-likeness (QED) is 0.832. The Morgan fingerprint density at radius 1 is 1.17 bits per heavy atom. The number of nitrogens with zero attached hydrogens (tertiary/aromatic N) is 1. The van der Waals surface area contributed by atoms with Gasteiger partial charge in [0.05, 0.1) is 0 Å². The van der Waals surface area contributed by atoms with Crippen LogP contribution in [0.25, 0.3) is 0 Å². The van der Waals surface area contributed by atoms with Crippen molar-refractivity contribution >= 4 is 0 Å². The Morgan fingerprint density at radius 2 is 1.90 bits per heavy atom. The monoisotopic (exact) mass is 399 g/mol. The molecule has 1 N–H and O–H groups in total. The predicted octanol–water partition coefficient (Wildman–Crippen LogP) is 4.28. The van der Waals surface area contributed by atoms with E-state index in [2.05, 4.69) is 25.1 Å². The predicted molar refractivity (Wildman–Crippen MR) is 107 cm³/mol.